The molecule has 2 aromatic rings. The Morgan fingerprint density at radius 2 is 2.07 bits per heavy atom. The van der Waals surface area contributed by atoms with Gasteiger partial charge >= 0.3 is 0 Å². The molecule has 5 nitrogen and oxygen atoms in total. The minimum Gasteiger partial charge on any atom is -0.506 e. The molecule has 0 unspecified atom stereocenters. The van der Waals surface area contributed by atoms with Crippen LogP contribution in [0.1, 0.15) is 0 Å². The lowest BCUT2D eigenvalue weighted by Crippen LogP contribution is -1.88. The maximum Gasteiger partial charge on any atom is 0.229 e. The number of benzene rings is 1. The largest absolute Gasteiger partial charge is 0.506 e. The number of nitrogen functional groups attached to an aromatic ring is 2. The van der Waals surface area contributed by atoms with Gasteiger partial charge in [0.15, 0.2) is 0 Å². The molecule has 5 N–H and O–H groups in total. The average Bonchev–Trinajstić information content (AvgIpc) is 2.57. The van der Waals surface area contributed by atoms with E-state index < -0.39 is 0 Å². The van der Waals surface area contributed by atoms with Crippen molar-refractivity contribution in [2.24, 2.45) is 0 Å². The Morgan fingerprint density at radius 3 is 2.64 bits per heavy atom. The highest BCUT2D eigenvalue weighted by Gasteiger charge is 2.08. The molecular weight excluding hydrogens is 182 g/mol. The van der Waals surface area contributed by atoms with Gasteiger partial charge in [-0.1, -0.05) is 11.2 Å². The van der Waals surface area contributed by atoms with E-state index in [9.17, 15) is 5.11 Å². The van der Waals surface area contributed by atoms with Gasteiger partial charge < -0.3 is 21.1 Å². The minimum atomic E-state index is 0.0452. The normalized spacial score (nSPS) is 10.3. The van der Waals surface area contributed by atoms with Crippen LogP contribution < -0.4 is 11.5 Å². The summed E-state index contributed by atoms with van der Waals surface area (Å²) in [6.45, 7) is 0. The van der Waals surface area contributed by atoms with Crippen LogP contribution >= 0.6 is 0 Å². The van der Waals surface area contributed by atoms with E-state index in [2.05, 4.69) is 5.16 Å². The SMILES string of the molecule is Nc1cc(-c2cnoc2N)ccc1O. The van der Waals surface area contributed by atoms with Crippen molar-refractivity contribution < 1.29 is 9.63 Å². The molecule has 1 aromatic carbocycles. The summed E-state index contributed by atoms with van der Waals surface area (Å²) in [7, 11) is 0. The molecule has 0 amide bonds. The fourth-order valence-corrected chi connectivity index (χ4v) is 1.19. The lowest BCUT2D eigenvalue weighted by Gasteiger charge is -2.01. The van der Waals surface area contributed by atoms with Crippen molar-refractivity contribution in [3.63, 3.8) is 0 Å². The summed E-state index contributed by atoms with van der Waals surface area (Å²) >= 11 is 0. The lowest BCUT2D eigenvalue weighted by molar-refractivity contribution is 0.436. The van der Waals surface area contributed by atoms with Gasteiger partial charge in [-0.05, 0) is 17.7 Å². The molecule has 1 heterocycles. The summed E-state index contributed by atoms with van der Waals surface area (Å²) in [6, 6.07) is 4.80. The number of rotatable bonds is 1. The van der Waals surface area contributed by atoms with Crippen LogP contribution in [0.25, 0.3) is 11.1 Å². The lowest BCUT2D eigenvalue weighted by atomic mass is 10.1. The van der Waals surface area contributed by atoms with Gasteiger partial charge in [0.05, 0.1) is 17.4 Å². The molecule has 1 aromatic heterocycles. The Labute approximate surface area is 79.9 Å². The Balaban J connectivity index is 2.53. The number of hydrogen-bond acceptors (Lipinski definition) is 5. The van der Waals surface area contributed by atoms with Crippen molar-refractivity contribution >= 4 is 11.6 Å². The molecule has 5 heteroatoms. The third kappa shape index (κ3) is 1.24. The molecule has 0 bridgehead atoms. The van der Waals surface area contributed by atoms with E-state index in [-0.39, 0.29) is 11.6 Å². The maximum atomic E-state index is 9.22. The summed E-state index contributed by atoms with van der Waals surface area (Å²) in [6.07, 6.45) is 1.50. The number of hydrogen-bond donors (Lipinski definition) is 3. The topological polar surface area (TPSA) is 98.3 Å². The molecule has 0 atom stereocenters. The van der Waals surface area contributed by atoms with Crippen molar-refractivity contribution in [2.45, 2.75) is 0 Å². The third-order valence-corrected chi connectivity index (χ3v) is 1.94. The first-order chi connectivity index (χ1) is 6.68. The molecule has 0 aliphatic heterocycles. The zero-order chi connectivity index (χ0) is 10.1. The Morgan fingerprint density at radius 1 is 1.29 bits per heavy atom. The molecule has 0 saturated heterocycles. The van der Waals surface area contributed by atoms with Crippen LogP contribution in [0.15, 0.2) is 28.9 Å². The molecule has 0 saturated carbocycles. The Hall–Kier alpha value is -2.17. The number of aromatic nitrogens is 1. The van der Waals surface area contributed by atoms with Gasteiger partial charge in [-0.25, -0.2) is 0 Å². The summed E-state index contributed by atoms with van der Waals surface area (Å²) in [5.41, 5.74) is 12.8. The quantitative estimate of drug-likeness (QED) is 0.465. The van der Waals surface area contributed by atoms with Gasteiger partial charge in [-0.3, -0.25) is 0 Å². The van der Waals surface area contributed by atoms with Crippen molar-refractivity contribution in [3.05, 3.63) is 24.4 Å². The molecule has 0 aliphatic rings. The first-order valence-corrected chi connectivity index (χ1v) is 3.97. The molecule has 0 spiro atoms. The van der Waals surface area contributed by atoms with Crippen LogP contribution in [0, 0.1) is 0 Å². The van der Waals surface area contributed by atoms with Crippen molar-refractivity contribution in [1.29, 1.82) is 0 Å². The number of nitrogens with two attached hydrogens (primary N) is 2. The second kappa shape index (κ2) is 2.95. The second-order valence-electron chi connectivity index (χ2n) is 2.88. The number of anilines is 2. The highest BCUT2D eigenvalue weighted by atomic mass is 16.5. The van der Waals surface area contributed by atoms with Gasteiger partial charge in [0.25, 0.3) is 0 Å². The van der Waals surface area contributed by atoms with Crippen LogP contribution in [0.2, 0.25) is 0 Å². The minimum absolute atomic E-state index is 0.0452. The highest BCUT2D eigenvalue weighted by Crippen LogP contribution is 2.30. The fraction of sp³-hybridized carbons (Fsp3) is 0. The zero-order valence-electron chi connectivity index (χ0n) is 7.27. The zero-order valence-corrected chi connectivity index (χ0v) is 7.27. The molecule has 0 fully saturated rings. The first-order valence-electron chi connectivity index (χ1n) is 3.97. The second-order valence-corrected chi connectivity index (χ2v) is 2.88. The molecule has 14 heavy (non-hydrogen) atoms. The van der Waals surface area contributed by atoms with E-state index in [1.807, 2.05) is 0 Å². The Bertz CT molecular complexity index is 465. The summed E-state index contributed by atoms with van der Waals surface area (Å²) in [5, 5.41) is 12.8. The smallest absolute Gasteiger partial charge is 0.229 e. The van der Waals surface area contributed by atoms with E-state index in [0.717, 1.165) is 5.56 Å². The van der Waals surface area contributed by atoms with Crippen molar-refractivity contribution in [2.75, 3.05) is 11.5 Å². The Kier molecular flexibility index (Phi) is 1.78. The van der Waals surface area contributed by atoms with Crippen LogP contribution in [-0.2, 0) is 0 Å². The molecule has 0 aliphatic carbocycles. The maximum absolute atomic E-state index is 9.22. The van der Waals surface area contributed by atoms with E-state index in [1.54, 1.807) is 12.1 Å². The van der Waals surface area contributed by atoms with Crippen LogP contribution in [0.3, 0.4) is 0 Å². The predicted octanol–water partition coefficient (Wildman–Crippen LogP) is 1.21. The van der Waals surface area contributed by atoms with Gasteiger partial charge in [0.1, 0.15) is 5.75 Å². The third-order valence-electron chi connectivity index (χ3n) is 1.94. The van der Waals surface area contributed by atoms with Gasteiger partial charge in [0, 0.05) is 0 Å². The summed E-state index contributed by atoms with van der Waals surface area (Å²) < 4.78 is 4.71. The van der Waals surface area contributed by atoms with Crippen LogP contribution in [0.4, 0.5) is 11.6 Å². The summed E-state index contributed by atoms with van der Waals surface area (Å²) in [4.78, 5) is 0. The standard InChI is InChI=1S/C9H9N3O2/c10-7-3-5(1-2-8(7)13)6-4-12-14-9(6)11/h1-4,13H,10-11H2. The van der Waals surface area contributed by atoms with E-state index >= 15 is 0 Å². The number of phenolic OH excluding ortho intramolecular Hbond substituents is 1. The first kappa shape index (κ1) is 8.43. The number of phenols is 1. The van der Waals surface area contributed by atoms with E-state index in [0.29, 0.717) is 11.3 Å². The molecule has 0 radical (unpaired) electrons. The fourth-order valence-electron chi connectivity index (χ4n) is 1.19. The van der Waals surface area contributed by atoms with Crippen LogP contribution in [0.5, 0.6) is 5.75 Å². The van der Waals surface area contributed by atoms with Gasteiger partial charge in [-0.15, -0.1) is 0 Å². The van der Waals surface area contributed by atoms with Gasteiger partial charge in [-0.2, -0.15) is 0 Å². The monoisotopic (exact) mass is 191 g/mol. The number of aromatic hydroxyl groups is 1. The van der Waals surface area contributed by atoms with E-state index in [4.69, 9.17) is 16.0 Å². The average molecular weight is 191 g/mol. The van der Waals surface area contributed by atoms with Crippen LogP contribution in [-0.4, -0.2) is 10.3 Å². The predicted molar refractivity (Wildman–Crippen MR) is 52.4 cm³/mol. The molecule has 2 rings (SSSR count). The van der Waals surface area contributed by atoms with Gasteiger partial charge in [0.2, 0.25) is 5.88 Å². The van der Waals surface area contributed by atoms with Crippen molar-refractivity contribution in [1.82, 2.24) is 5.16 Å². The van der Waals surface area contributed by atoms with Crippen molar-refractivity contribution in [3.8, 4) is 16.9 Å². The van der Waals surface area contributed by atoms with E-state index in [1.165, 1.54) is 12.3 Å². The summed E-state index contributed by atoms with van der Waals surface area (Å²) in [5.74, 6) is 0.277. The number of nitrogens with zero attached hydrogens (tertiary/aromatic N) is 1. The molecular formula is C9H9N3O2. The highest BCUT2D eigenvalue weighted by molar-refractivity contribution is 5.75. The molecule has 72 valence electrons.